The van der Waals surface area contributed by atoms with Gasteiger partial charge in [-0.15, -0.1) is 11.3 Å². The highest BCUT2D eigenvalue weighted by molar-refractivity contribution is 7.15. The minimum atomic E-state index is -0.397. The van der Waals surface area contributed by atoms with Crippen molar-refractivity contribution in [1.82, 2.24) is 4.98 Å². The number of aliphatic hydroxyl groups is 1. The van der Waals surface area contributed by atoms with Gasteiger partial charge in [0.05, 0.1) is 12.8 Å². The highest BCUT2D eigenvalue weighted by Crippen LogP contribution is 2.30. The van der Waals surface area contributed by atoms with Crippen LogP contribution in [0.25, 0.3) is 10.6 Å². The summed E-state index contributed by atoms with van der Waals surface area (Å²) < 4.78 is 18.5. The maximum atomic E-state index is 13.6. The zero-order valence-electron chi connectivity index (χ0n) is 10.2. The maximum Gasteiger partial charge on any atom is 0.165 e. The first kappa shape index (κ1) is 13.0. The minimum absolute atomic E-state index is 0.0704. The van der Waals surface area contributed by atoms with Crippen molar-refractivity contribution in [3.63, 3.8) is 0 Å². The third-order valence-corrected chi connectivity index (χ3v) is 3.70. The summed E-state index contributed by atoms with van der Waals surface area (Å²) in [5.74, 6) is -0.172. The van der Waals surface area contributed by atoms with Crippen molar-refractivity contribution >= 4 is 11.3 Å². The molecule has 0 saturated carbocycles. The summed E-state index contributed by atoms with van der Waals surface area (Å²) in [6.07, 6.45) is 0.529. The number of aliphatic hydroxyl groups excluding tert-OH is 1. The highest BCUT2D eigenvalue weighted by Gasteiger charge is 2.11. The lowest BCUT2D eigenvalue weighted by molar-refractivity contribution is 0.298. The van der Waals surface area contributed by atoms with Crippen LogP contribution in [0.1, 0.15) is 10.6 Å². The summed E-state index contributed by atoms with van der Waals surface area (Å²) in [6.45, 7) is 2.02. The molecule has 1 aromatic heterocycles. The number of ether oxygens (including phenoxy) is 1. The molecule has 0 atom stereocenters. The van der Waals surface area contributed by atoms with Gasteiger partial charge in [0.15, 0.2) is 11.6 Å². The molecule has 96 valence electrons. The van der Waals surface area contributed by atoms with Crippen LogP contribution in [0.15, 0.2) is 18.2 Å². The van der Waals surface area contributed by atoms with Gasteiger partial charge in [0.1, 0.15) is 5.01 Å². The number of benzene rings is 1. The molecule has 5 heteroatoms. The molecule has 1 heterocycles. The Kier molecular flexibility index (Phi) is 3.93. The molecule has 1 N–H and O–H groups in total. The van der Waals surface area contributed by atoms with Crippen LogP contribution in [0.5, 0.6) is 5.75 Å². The molecule has 1 aromatic carbocycles. The first-order valence-corrected chi connectivity index (χ1v) is 6.38. The van der Waals surface area contributed by atoms with Crippen LogP contribution in [0.3, 0.4) is 0 Å². The first-order chi connectivity index (χ1) is 8.65. The van der Waals surface area contributed by atoms with Gasteiger partial charge in [-0.3, -0.25) is 0 Å². The minimum Gasteiger partial charge on any atom is -0.494 e. The molecular weight excluding hydrogens is 253 g/mol. The van der Waals surface area contributed by atoms with E-state index in [1.807, 2.05) is 6.92 Å². The summed E-state index contributed by atoms with van der Waals surface area (Å²) in [5, 5.41) is 9.69. The molecule has 2 rings (SSSR count). The van der Waals surface area contributed by atoms with Crippen LogP contribution in [-0.2, 0) is 6.42 Å². The van der Waals surface area contributed by atoms with Crippen LogP contribution in [0, 0.1) is 12.7 Å². The zero-order valence-corrected chi connectivity index (χ0v) is 11.1. The predicted molar refractivity (Wildman–Crippen MR) is 69.6 cm³/mol. The Balaban J connectivity index is 2.36. The average Bonchev–Trinajstić information content (AvgIpc) is 2.71. The molecule has 3 nitrogen and oxygen atoms in total. The number of hydrogen-bond donors (Lipinski definition) is 1. The Hall–Kier alpha value is -1.46. The average molecular weight is 267 g/mol. The zero-order chi connectivity index (χ0) is 13.1. The number of thiazole rings is 1. The fourth-order valence-corrected chi connectivity index (χ4v) is 2.64. The number of methoxy groups -OCH3 is 1. The van der Waals surface area contributed by atoms with Crippen LogP contribution < -0.4 is 4.74 Å². The van der Waals surface area contributed by atoms with E-state index in [-0.39, 0.29) is 12.4 Å². The molecule has 0 spiro atoms. The molecule has 0 fully saturated rings. The van der Waals surface area contributed by atoms with Crippen molar-refractivity contribution in [3.8, 4) is 16.3 Å². The Morgan fingerprint density at radius 1 is 1.44 bits per heavy atom. The van der Waals surface area contributed by atoms with Gasteiger partial charge in [0.2, 0.25) is 0 Å². The molecule has 0 saturated heterocycles. The molecule has 0 unspecified atom stereocenters. The van der Waals surface area contributed by atoms with E-state index in [1.165, 1.54) is 24.5 Å². The standard InChI is InChI=1S/C13H14FNO2S/c1-8-11(5-6-16)15-13(18-8)9-3-4-12(17-2)10(14)7-9/h3-4,7,16H,5-6H2,1-2H3. The van der Waals surface area contributed by atoms with Crippen LogP contribution >= 0.6 is 11.3 Å². The molecule has 0 aliphatic carbocycles. The lowest BCUT2D eigenvalue weighted by Gasteiger charge is -2.02. The van der Waals surface area contributed by atoms with Crippen molar-refractivity contribution in [3.05, 3.63) is 34.6 Å². The second-order valence-electron chi connectivity index (χ2n) is 3.84. The van der Waals surface area contributed by atoms with E-state index in [4.69, 9.17) is 9.84 Å². The largest absolute Gasteiger partial charge is 0.494 e. The fourth-order valence-electron chi connectivity index (χ4n) is 1.69. The number of hydrogen-bond acceptors (Lipinski definition) is 4. The fraction of sp³-hybridized carbons (Fsp3) is 0.308. The van der Waals surface area contributed by atoms with Gasteiger partial charge in [-0.1, -0.05) is 0 Å². The van der Waals surface area contributed by atoms with Crippen molar-refractivity contribution < 1.29 is 14.2 Å². The van der Waals surface area contributed by atoms with Gasteiger partial charge >= 0.3 is 0 Å². The second-order valence-corrected chi connectivity index (χ2v) is 5.05. The molecule has 0 aliphatic rings. The molecule has 2 aromatic rings. The van der Waals surface area contributed by atoms with Gasteiger partial charge in [-0.2, -0.15) is 0 Å². The second kappa shape index (κ2) is 5.46. The Morgan fingerprint density at radius 3 is 2.83 bits per heavy atom. The van der Waals surface area contributed by atoms with E-state index in [0.29, 0.717) is 6.42 Å². The Labute approximate surface area is 109 Å². The lowest BCUT2D eigenvalue weighted by atomic mass is 10.2. The van der Waals surface area contributed by atoms with Crippen LogP contribution in [0.2, 0.25) is 0 Å². The van der Waals surface area contributed by atoms with E-state index in [1.54, 1.807) is 12.1 Å². The van der Waals surface area contributed by atoms with Gasteiger partial charge in [-0.05, 0) is 25.1 Å². The normalized spacial score (nSPS) is 10.7. The van der Waals surface area contributed by atoms with Crippen LogP contribution in [0.4, 0.5) is 4.39 Å². The number of halogens is 1. The van der Waals surface area contributed by atoms with E-state index in [2.05, 4.69) is 4.98 Å². The SMILES string of the molecule is COc1ccc(-c2nc(CCO)c(C)s2)cc1F. The van der Waals surface area contributed by atoms with Crippen molar-refractivity contribution in [2.24, 2.45) is 0 Å². The van der Waals surface area contributed by atoms with Gasteiger partial charge < -0.3 is 9.84 Å². The molecule has 18 heavy (non-hydrogen) atoms. The van der Waals surface area contributed by atoms with Crippen molar-refractivity contribution in [2.75, 3.05) is 13.7 Å². The molecule has 0 radical (unpaired) electrons. The summed E-state index contributed by atoms with van der Waals surface area (Å²) in [6, 6.07) is 4.79. The predicted octanol–water partition coefficient (Wildman–Crippen LogP) is 2.80. The Bertz CT molecular complexity index is 554. The number of nitrogens with zero attached hydrogens (tertiary/aromatic N) is 1. The molecule has 0 aliphatic heterocycles. The van der Waals surface area contributed by atoms with E-state index in [0.717, 1.165) is 21.1 Å². The first-order valence-electron chi connectivity index (χ1n) is 5.56. The molecule has 0 bridgehead atoms. The summed E-state index contributed by atoms with van der Waals surface area (Å²) in [5.41, 5.74) is 1.60. The summed E-state index contributed by atoms with van der Waals surface area (Å²) >= 11 is 1.50. The quantitative estimate of drug-likeness (QED) is 0.926. The monoisotopic (exact) mass is 267 g/mol. The van der Waals surface area contributed by atoms with Gasteiger partial charge in [0, 0.05) is 23.5 Å². The maximum absolute atomic E-state index is 13.6. The van der Waals surface area contributed by atoms with E-state index < -0.39 is 5.82 Å². The summed E-state index contributed by atoms with van der Waals surface area (Å²) in [4.78, 5) is 5.47. The third-order valence-electron chi connectivity index (χ3n) is 2.64. The van der Waals surface area contributed by atoms with E-state index >= 15 is 0 Å². The van der Waals surface area contributed by atoms with Crippen molar-refractivity contribution in [1.29, 1.82) is 0 Å². The van der Waals surface area contributed by atoms with Gasteiger partial charge in [-0.25, -0.2) is 9.37 Å². The van der Waals surface area contributed by atoms with Crippen LogP contribution in [-0.4, -0.2) is 23.8 Å². The highest BCUT2D eigenvalue weighted by atomic mass is 32.1. The summed E-state index contributed by atoms with van der Waals surface area (Å²) in [7, 11) is 1.44. The topological polar surface area (TPSA) is 42.4 Å². The third kappa shape index (κ3) is 2.52. The number of aromatic nitrogens is 1. The molecular formula is C13H14FNO2S. The van der Waals surface area contributed by atoms with Gasteiger partial charge in [0.25, 0.3) is 0 Å². The number of rotatable bonds is 4. The smallest absolute Gasteiger partial charge is 0.165 e. The Morgan fingerprint density at radius 2 is 2.22 bits per heavy atom. The number of aryl methyl sites for hydroxylation is 1. The molecule has 0 amide bonds. The van der Waals surface area contributed by atoms with Crippen molar-refractivity contribution in [2.45, 2.75) is 13.3 Å². The van der Waals surface area contributed by atoms with E-state index in [9.17, 15) is 4.39 Å². The lowest BCUT2D eigenvalue weighted by Crippen LogP contribution is -1.93.